The number of aromatic nitrogens is 3. The van der Waals surface area contributed by atoms with Crippen molar-refractivity contribution in [1.29, 1.82) is 0 Å². The molecule has 0 spiro atoms. The molecule has 3 aromatic rings. The summed E-state index contributed by atoms with van der Waals surface area (Å²) in [6.45, 7) is 1.87. The van der Waals surface area contributed by atoms with E-state index in [4.69, 9.17) is 4.74 Å². The molecule has 8 nitrogen and oxygen atoms in total. The Morgan fingerprint density at radius 2 is 2.12 bits per heavy atom. The van der Waals surface area contributed by atoms with Crippen molar-refractivity contribution in [3.05, 3.63) is 53.7 Å². The number of ether oxygens (including phenoxy) is 1. The van der Waals surface area contributed by atoms with Crippen LogP contribution < -0.4 is 10.2 Å². The molecule has 3 aliphatic heterocycles. The van der Waals surface area contributed by atoms with Gasteiger partial charge >= 0.3 is 6.03 Å². The number of nitrogens with one attached hydrogen (secondary N) is 1. The van der Waals surface area contributed by atoms with Crippen molar-refractivity contribution < 1.29 is 18.3 Å². The highest BCUT2D eigenvalue weighted by Crippen LogP contribution is 2.37. The lowest BCUT2D eigenvalue weighted by Crippen LogP contribution is -2.43. The summed E-state index contributed by atoms with van der Waals surface area (Å²) >= 11 is 0. The summed E-state index contributed by atoms with van der Waals surface area (Å²) in [7, 11) is 0. The van der Waals surface area contributed by atoms with E-state index in [1.165, 1.54) is 12.1 Å². The van der Waals surface area contributed by atoms with Crippen molar-refractivity contribution in [2.24, 2.45) is 0 Å². The van der Waals surface area contributed by atoms with Gasteiger partial charge in [-0.25, -0.2) is 23.1 Å². The number of likely N-dealkylation sites (tertiary alicyclic amines) is 1. The Kier molecular flexibility index (Phi) is 4.49. The molecule has 2 aromatic heterocycles. The van der Waals surface area contributed by atoms with Crippen LogP contribution >= 0.6 is 0 Å². The second kappa shape index (κ2) is 7.40. The number of urea groups is 1. The van der Waals surface area contributed by atoms with E-state index in [2.05, 4.69) is 15.4 Å². The number of hydrogen-bond acceptors (Lipinski definition) is 5. The molecule has 3 saturated heterocycles. The van der Waals surface area contributed by atoms with Crippen molar-refractivity contribution in [2.45, 2.75) is 37.5 Å². The van der Waals surface area contributed by atoms with Gasteiger partial charge in [-0.1, -0.05) is 0 Å². The zero-order chi connectivity index (χ0) is 21.8. The monoisotopic (exact) mass is 440 g/mol. The SMILES string of the molecule is O=C(Nc1cc2nc(N3CCC[C@@H]3c3cc(F)ccc3F)ccn2n1)N1C[C@@H]2C[C@H]1CO2. The number of carbonyl (C=O) groups excluding carboxylic acids is 1. The molecular formula is C22H22F2N6O2. The average molecular weight is 440 g/mol. The average Bonchev–Trinajstić information content (AvgIpc) is 3.57. The standard InChI is InChI=1S/C22H22F2N6O2/c23-13-3-4-17(24)16(8-13)18-2-1-6-28(18)20-5-7-30-21(26-20)10-19(27-30)25-22(31)29-11-15-9-14(29)12-32-15/h3-5,7-8,10,14-15,18H,1-2,6,9,11-12H2,(H,25,27,31)/t14-,15-,18+/m0/s1. The molecule has 2 bridgehead atoms. The normalized spacial score (nSPS) is 24.6. The second-order valence-electron chi connectivity index (χ2n) is 8.56. The smallest absolute Gasteiger partial charge is 0.323 e. The van der Waals surface area contributed by atoms with Crippen molar-refractivity contribution in [2.75, 3.05) is 29.9 Å². The summed E-state index contributed by atoms with van der Waals surface area (Å²) in [6.07, 6.45) is 4.35. The first-order valence-electron chi connectivity index (χ1n) is 10.8. The molecule has 2 amide bonds. The number of amides is 2. The van der Waals surface area contributed by atoms with Crippen LogP contribution in [0.25, 0.3) is 5.65 Å². The zero-order valence-electron chi connectivity index (χ0n) is 17.2. The van der Waals surface area contributed by atoms with E-state index in [1.54, 1.807) is 27.7 Å². The van der Waals surface area contributed by atoms with Crippen molar-refractivity contribution in [3.63, 3.8) is 0 Å². The molecule has 32 heavy (non-hydrogen) atoms. The van der Waals surface area contributed by atoms with E-state index in [-0.39, 0.29) is 24.2 Å². The van der Waals surface area contributed by atoms with Crippen LogP contribution in [0.4, 0.5) is 25.2 Å². The number of rotatable bonds is 3. The van der Waals surface area contributed by atoms with Gasteiger partial charge in [-0.2, -0.15) is 0 Å². The van der Waals surface area contributed by atoms with E-state index in [0.29, 0.717) is 42.5 Å². The van der Waals surface area contributed by atoms with Gasteiger partial charge in [-0.15, -0.1) is 5.10 Å². The van der Waals surface area contributed by atoms with Gasteiger partial charge in [0, 0.05) is 30.9 Å². The Hall–Kier alpha value is -3.27. The third kappa shape index (κ3) is 3.26. The second-order valence-corrected chi connectivity index (χ2v) is 8.56. The van der Waals surface area contributed by atoms with Gasteiger partial charge < -0.3 is 14.5 Å². The Morgan fingerprint density at radius 1 is 1.22 bits per heavy atom. The number of carbonyl (C=O) groups is 1. The molecule has 10 heteroatoms. The van der Waals surface area contributed by atoms with Gasteiger partial charge in [-0.05, 0) is 43.5 Å². The van der Waals surface area contributed by atoms with Gasteiger partial charge in [0.1, 0.15) is 17.5 Å². The van der Waals surface area contributed by atoms with Crippen LogP contribution in [-0.4, -0.2) is 57.4 Å². The van der Waals surface area contributed by atoms with Crippen LogP contribution in [0.1, 0.15) is 30.9 Å². The minimum absolute atomic E-state index is 0.122. The lowest BCUT2D eigenvalue weighted by molar-refractivity contribution is 0.0473. The molecule has 0 radical (unpaired) electrons. The van der Waals surface area contributed by atoms with Gasteiger partial charge in [0.2, 0.25) is 0 Å². The van der Waals surface area contributed by atoms with Gasteiger partial charge in [0.15, 0.2) is 11.5 Å². The Labute approximate surface area is 182 Å². The Bertz CT molecular complexity index is 1200. The summed E-state index contributed by atoms with van der Waals surface area (Å²) in [5.74, 6) is 0.207. The Balaban J connectivity index is 1.24. The van der Waals surface area contributed by atoms with Crippen molar-refractivity contribution in [1.82, 2.24) is 19.5 Å². The highest BCUT2D eigenvalue weighted by Gasteiger charge is 2.41. The third-order valence-corrected chi connectivity index (χ3v) is 6.57. The van der Waals surface area contributed by atoms with Crippen LogP contribution in [0.2, 0.25) is 0 Å². The van der Waals surface area contributed by atoms with Gasteiger partial charge in [0.05, 0.1) is 24.8 Å². The summed E-state index contributed by atoms with van der Waals surface area (Å²) in [5, 5.41) is 7.24. The number of anilines is 2. The number of nitrogens with zero attached hydrogens (tertiary/aromatic N) is 5. The molecular weight excluding hydrogens is 418 g/mol. The lowest BCUT2D eigenvalue weighted by atomic mass is 10.0. The van der Waals surface area contributed by atoms with Gasteiger partial charge in [0.25, 0.3) is 0 Å². The van der Waals surface area contributed by atoms with E-state index >= 15 is 0 Å². The first-order chi connectivity index (χ1) is 15.5. The maximum Gasteiger partial charge on any atom is 0.323 e. The molecule has 5 heterocycles. The molecule has 1 aromatic carbocycles. The molecule has 3 atom stereocenters. The van der Waals surface area contributed by atoms with Crippen LogP contribution in [0.15, 0.2) is 36.5 Å². The third-order valence-electron chi connectivity index (χ3n) is 6.57. The van der Waals surface area contributed by atoms with E-state index in [1.807, 2.05) is 4.90 Å². The fourth-order valence-corrected chi connectivity index (χ4v) is 5.05. The number of morpholine rings is 1. The van der Waals surface area contributed by atoms with E-state index in [0.717, 1.165) is 25.3 Å². The molecule has 0 saturated carbocycles. The molecule has 6 rings (SSSR count). The predicted octanol–water partition coefficient (Wildman–Crippen LogP) is 3.35. The quantitative estimate of drug-likeness (QED) is 0.676. The summed E-state index contributed by atoms with van der Waals surface area (Å²) in [5.41, 5.74) is 0.906. The van der Waals surface area contributed by atoms with Crippen LogP contribution in [0, 0.1) is 11.6 Å². The highest BCUT2D eigenvalue weighted by atomic mass is 19.1. The molecule has 0 unspecified atom stereocenters. The highest BCUT2D eigenvalue weighted by molar-refractivity contribution is 5.89. The minimum atomic E-state index is -0.453. The number of halogens is 2. The van der Waals surface area contributed by atoms with Crippen molar-refractivity contribution in [3.8, 4) is 0 Å². The van der Waals surface area contributed by atoms with E-state index < -0.39 is 11.6 Å². The fourth-order valence-electron chi connectivity index (χ4n) is 5.05. The lowest BCUT2D eigenvalue weighted by Gasteiger charge is -2.26. The largest absolute Gasteiger partial charge is 0.374 e. The first-order valence-corrected chi connectivity index (χ1v) is 10.8. The molecule has 3 aliphatic rings. The molecule has 3 fully saturated rings. The van der Waals surface area contributed by atoms with Crippen LogP contribution in [0.5, 0.6) is 0 Å². The summed E-state index contributed by atoms with van der Waals surface area (Å²) in [4.78, 5) is 21.1. The molecule has 1 N–H and O–H groups in total. The molecule has 166 valence electrons. The maximum atomic E-state index is 14.4. The first kappa shape index (κ1) is 19.4. The summed E-state index contributed by atoms with van der Waals surface area (Å²) < 4.78 is 35.3. The Morgan fingerprint density at radius 3 is 2.94 bits per heavy atom. The topological polar surface area (TPSA) is 75.0 Å². The van der Waals surface area contributed by atoms with Crippen LogP contribution in [0.3, 0.4) is 0 Å². The number of hydrogen-bond donors (Lipinski definition) is 1. The number of benzene rings is 1. The maximum absolute atomic E-state index is 14.4. The summed E-state index contributed by atoms with van der Waals surface area (Å²) in [6, 6.07) is 6.72. The fraction of sp³-hybridized carbons (Fsp3) is 0.409. The zero-order valence-corrected chi connectivity index (χ0v) is 17.2. The number of fused-ring (bicyclic) bond motifs is 3. The van der Waals surface area contributed by atoms with Crippen LogP contribution in [-0.2, 0) is 4.74 Å². The van der Waals surface area contributed by atoms with Gasteiger partial charge in [-0.3, -0.25) is 5.32 Å². The van der Waals surface area contributed by atoms with E-state index in [9.17, 15) is 13.6 Å². The van der Waals surface area contributed by atoms with Crippen molar-refractivity contribution >= 4 is 23.3 Å². The predicted molar refractivity (Wildman–Crippen MR) is 113 cm³/mol. The molecule has 0 aliphatic carbocycles. The minimum Gasteiger partial charge on any atom is -0.374 e.